The van der Waals surface area contributed by atoms with E-state index < -0.39 is 18.4 Å². The topological polar surface area (TPSA) is 90.8 Å². The van der Waals surface area contributed by atoms with Gasteiger partial charge in [-0.3, -0.25) is 4.79 Å². The van der Waals surface area contributed by atoms with Crippen LogP contribution in [0.25, 0.3) is 0 Å². The second kappa shape index (κ2) is 10.2. The maximum Gasteiger partial charge on any atom is 0.241 e. The van der Waals surface area contributed by atoms with Gasteiger partial charge in [0.2, 0.25) is 5.91 Å². The lowest BCUT2D eigenvalue weighted by Crippen LogP contribution is -2.56. The highest BCUT2D eigenvalue weighted by molar-refractivity contribution is 6.30. The van der Waals surface area contributed by atoms with E-state index >= 15 is 0 Å². The average molecular weight is 384 g/mol. The fourth-order valence-electron chi connectivity index (χ4n) is 3.04. The number of benzene rings is 1. The molecule has 6 nitrogen and oxygen atoms in total. The van der Waals surface area contributed by atoms with Gasteiger partial charge in [0, 0.05) is 24.3 Å². The number of carbonyl (C=O) groups is 1. The van der Waals surface area contributed by atoms with Crippen molar-refractivity contribution in [3.63, 3.8) is 0 Å². The molecule has 1 aliphatic rings. The van der Waals surface area contributed by atoms with Crippen molar-refractivity contribution in [2.75, 3.05) is 19.8 Å². The van der Waals surface area contributed by atoms with Crippen LogP contribution in [0, 0.1) is 0 Å². The summed E-state index contributed by atoms with van der Waals surface area (Å²) >= 11 is 5.92. The third kappa shape index (κ3) is 5.41. The molecule has 1 aromatic carbocycles. The number of amides is 1. The third-order valence-corrected chi connectivity index (χ3v) is 5.03. The summed E-state index contributed by atoms with van der Waals surface area (Å²) in [5.74, 6) is -0.165. The molecule has 0 bridgehead atoms. The van der Waals surface area contributed by atoms with Crippen LogP contribution in [0.5, 0.6) is 0 Å². The largest absolute Gasteiger partial charge is 0.351 e. The van der Waals surface area contributed by atoms with Gasteiger partial charge in [-0.2, -0.15) is 0 Å². The first-order chi connectivity index (χ1) is 12.5. The molecule has 26 heavy (non-hydrogen) atoms. The Hall–Kier alpha value is -1.18. The molecule has 1 fully saturated rings. The molecule has 1 saturated carbocycles. The van der Waals surface area contributed by atoms with Gasteiger partial charge in [0.15, 0.2) is 6.29 Å². The molecule has 2 unspecified atom stereocenters. The van der Waals surface area contributed by atoms with Crippen LogP contribution in [-0.2, 0) is 14.3 Å². The van der Waals surface area contributed by atoms with Gasteiger partial charge in [-0.1, -0.05) is 23.7 Å². The molecule has 2 atom stereocenters. The molecular formula is C19H30ClN3O3. The number of halogens is 1. The molecule has 0 spiro atoms. The lowest BCUT2D eigenvalue weighted by molar-refractivity contribution is -0.166. The molecule has 7 heteroatoms. The molecule has 1 amide bonds. The average Bonchev–Trinajstić information content (AvgIpc) is 2.59. The maximum absolute atomic E-state index is 13.1. The van der Waals surface area contributed by atoms with E-state index in [0.717, 1.165) is 24.8 Å². The van der Waals surface area contributed by atoms with Crippen LogP contribution in [0.4, 0.5) is 0 Å². The summed E-state index contributed by atoms with van der Waals surface area (Å²) in [6.07, 6.45) is 2.61. The van der Waals surface area contributed by atoms with Crippen molar-refractivity contribution >= 4 is 17.5 Å². The first kappa shape index (κ1) is 21.1. The number of rotatable bonds is 10. The lowest BCUT2D eigenvalue weighted by atomic mass is 9.90. The van der Waals surface area contributed by atoms with Crippen molar-refractivity contribution in [2.45, 2.75) is 57.5 Å². The van der Waals surface area contributed by atoms with Gasteiger partial charge in [-0.05, 0) is 50.8 Å². The predicted molar refractivity (Wildman–Crippen MR) is 103 cm³/mol. The predicted octanol–water partition coefficient (Wildman–Crippen LogP) is 2.45. The smallest absolute Gasteiger partial charge is 0.241 e. The Morgan fingerprint density at radius 1 is 1.19 bits per heavy atom. The van der Waals surface area contributed by atoms with Crippen molar-refractivity contribution in [3.8, 4) is 0 Å². The highest BCUT2D eigenvalue weighted by atomic mass is 35.5. The molecule has 146 valence electrons. The zero-order valence-corrected chi connectivity index (χ0v) is 16.3. The second-order valence-electron chi connectivity index (χ2n) is 6.52. The van der Waals surface area contributed by atoms with Crippen LogP contribution in [0.3, 0.4) is 0 Å². The molecule has 0 radical (unpaired) electrons. The second-order valence-corrected chi connectivity index (χ2v) is 6.96. The van der Waals surface area contributed by atoms with Crippen LogP contribution < -0.4 is 11.5 Å². The van der Waals surface area contributed by atoms with Gasteiger partial charge in [0.25, 0.3) is 0 Å². The Balaban J connectivity index is 2.10. The van der Waals surface area contributed by atoms with Crippen molar-refractivity contribution < 1.29 is 14.3 Å². The zero-order chi connectivity index (χ0) is 19.1. The number of carbonyl (C=O) groups excluding carboxylic acids is 1. The Morgan fingerprint density at radius 2 is 1.77 bits per heavy atom. The van der Waals surface area contributed by atoms with E-state index in [4.69, 9.17) is 32.5 Å². The highest BCUT2D eigenvalue weighted by Crippen LogP contribution is 2.27. The summed E-state index contributed by atoms with van der Waals surface area (Å²) in [7, 11) is 0. The Morgan fingerprint density at radius 3 is 2.23 bits per heavy atom. The Labute approximate surface area is 160 Å². The number of hydrogen-bond donors (Lipinski definition) is 2. The van der Waals surface area contributed by atoms with E-state index in [2.05, 4.69) is 0 Å². The summed E-state index contributed by atoms with van der Waals surface area (Å²) in [6.45, 7) is 5.22. The number of hydrogen-bond acceptors (Lipinski definition) is 5. The molecule has 0 aromatic heterocycles. The first-order valence-electron chi connectivity index (χ1n) is 9.28. The highest BCUT2D eigenvalue weighted by Gasteiger charge is 2.35. The molecular weight excluding hydrogens is 354 g/mol. The van der Waals surface area contributed by atoms with Crippen molar-refractivity contribution in [3.05, 3.63) is 34.9 Å². The van der Waals surface area contributed by atoms with Crippen LogP contribution in [0.15, 0.2) is 24.3 Å². The monoisotopic (exact) mass is 383 g/mol. The first-order valence-corrected chi connectivity index (χ1v) is 9.66. The summed E-state index contributed by atoms with van der Waals surface area (Å²) in [6, 6.07) is 5.85. The Kier molecular flexibility index (Phi) is 8.31. The SMILES string of the molecule is CCOC(CN(C(=O)C(N)C(N)c1ccc(Cl)cc1)C1CCC1)OCC. The fourth-order valence-corrected chi connectivity index (χ4v) is 3.17. The van der Waals surface area contributed by atoms with Crippen LogP contribution in [-0.4, -0.2) is 48.9 Å². The van der Waals surface area contributed by atoms with E-state index in [1.54, 1.807) is 29.2 Å². The summed E-state index contributed by atoms with van der Waals surface area (Å²) < 4.78 is 11.2. The maximum atomic E-state index is 13.1. The van der Waals surface area contributed by atoms with E-state index in [-0.39, 0.29) is 11.9 Å². The molecule has 2 rings (SSSR count). The molecule has 0 aliphatic heterocycles. The van der Waals surface area contributed by atoms with E-state index in [9.17, 15) is 4.79 Å². The van der Waals surface area contributed by atoms with Gasteiger partial charge in [-0.15, -0.1) is 0 Å². The van der Waals surface area contributed by atoms with Gasteiger partial charge >= 0.3 is 0 Å². The molecule has 4 N–H and O–H groups in total. The van der Waals surface area contributed by atoms with Crippen molar-refractivity contribution in [1.29, 1.82) is 0 Å². The number of nitrogens with zero attached hydrogens (tertiary/aromatic N) is 1. The summed E-state index contributed by atoms with van der Waals surface area (Å²) in [4.78, 5) is 14.9. The molecule has 1 aliphatic carbocycles. The van der Waals surface area contributed by atoms with Gasteiger partial charge in [-0.25, -0.2) is 0 Å². The molecule has 0 saturated heterocycles. The molecule has 1 aromatic rings. The van der Waals surface area contributed by atoms with Crippen LogP contribution in [0.2, 0.25) is 5.02 Å². The van der Waals surface area contributed by atoms with Gasteiger partial charge < -0.3 is 25.8 Å². The minimum absolute atomic E-state index is 0.165. The Bertz CT molecular complexity index is 560. The summed E-state index contributed by atoms with van der Waals surface area (Å²) in [5.41, 5.74) is 13.3. The lowest BCUT2D eigenvalue weighted by Gasteiger charge is -2.41. The minimum atomic E-state index is -0.833. The van der Waals surface area contributed by atoms with Gasteiger partial charge in [0.05, 0.1) is 12.6 Å². The standard InChI is InChI=1S/C19H30ClN3O3/c1-3-25-16(26-4-2)12-23(15-6-5-7-15)19(24)18(22)17(21)13-8-10-14(20)11-9-13/h8-11,15-18H,3-7,12,21-22H2,1-2H3. The third-order valence-electron chi connectivity index (χ3n) is 4.78. The summed E-state index contributed by atoms with van der Waals surface area (Å²) in [5, 5.41) is 0.619. The zero-order valence-electron chi connectivity index (χ0n) is 15.6. The number of ether oxygens (including phenoxy) is 2. The van der Waals surface area contributed by atoms with E-state index in [1.165, 1.54) is 0 Å². The quantitative estimate of drug-likeness (QED) is 0.605. The van der Waals surface area contributed by atoms with Crippen LogP contribution in [0.1, 0.15) is 44.7 Å². The van der Waals surface area contributed by atoms with E-state index in [0.29, 0.717) is 24.8 Å². The fraction of sp³-hybridized carbons (Fsp3) is 0.632. The van der Waals surface area contributed by atoms with Crippen LogP contribution >= 0.6 is 11.6 Å². The van der Waals surface area contributed by atoms with Crippen molar-refractivity contribution in [1.82, 2.24) is 4.90 Å². The minimum Gasteiger partial charge on any atom is -0.351 e. The van der Waals surface area contributed by atoms with E-state index in [1.807, 2.05) is 13.8 Å². The normalized spacial score (nSPS) is 17.0. The van der Waals surface area contributed by atoms with Gasteiger partial charge in [0.1, 0.15) is 6.04 Å². The molecule has 0 heterocycles. The number of nitrogens with two attached hydrogens (primary N) is 2. The van der Waals surface area contributed by atoms with Crippen molar-refractivity contribution in [2.24, 2.45) is 11.5 Å².